The molecule has 0 atom stereocenters. The number of hydrogen-bond donors (Lipinski definition) is 2. The van der Waals surface area contributed by atoms with Crippen molar-refractivity contribution in [3.05, 3.63) is 54.4 Å². The van der Waals surface area contributed by atoms with Crippen LogP contribution in [0.1, 0.15) is 31.7 Å². The van der Waals surface area contributed by atoms with Gasteiger partial charge in [-0.1, -0.05) is 6.58 Å². The van der Waals surface area contributed by atoms with Gasteiger partial charge in [-0.05, 0) is 37.6 Å². The van der Waals surface area contributed by atoms with Crippen molar-refractivity contribution >= 4 is 40.8 Å². The second-order valence-corrected chi connectivity index (χ2v) is 7.99. The highest BCUT2D eigenvalue weighted by molar-refractivity contribution is 5.91. The van der Waals surface area contributed by atoms with Crippen LogP contribution >= 0.6 is 0 Å². The SMILES string of the molecule is C=C(Nc1ccc(NC(=O)CCN2CCCC2=O)cc1)c1c(F)cc(OCCOC)cc1N=CC. The number of halogens is 1. The number of anilines is 2. The second-order valence-electron chi connectivity index (χ2n) is 7.99. The maximum absolute atomic E-state index is 15.0. The van der Waals surface area contributed by atoms with Gasteiger partial charge in [0.1, 0.15) is 18.2 Å². The molecule has 0 radical (unpaired) electrons. The van der Waals surface area contributed by atoms with E-state index in [-0.39, 0.29) is 23.8 Å². The van der Waals surface area contributed by atoms with Crippen LogP contribution in [0.15, 0.2) is 48.0 Å². The number of aliphatic imine (C=N–C) groups is 1. The summed E-state index contributed by atoms with van der Waals surface area (Å²) in [7, 11) is 1.56. The molecule has 3 rings (SSSR count). The summed E-state index contributed by atoms with van der Waals surface area (Å²) in [6, 6.07) is 9.93. The van der Waals surface area contributed by atoms with E-state index < -0.39 is 5.82 Å². The van der Waals surface area contributed by atoms with E-state index in [4.69, 9.17) is 9.47 Å². The number of nitrogens with one attached hydrogen (secondary N) is 2. The van der Waals surface area contributed by atoms with Gasteiger partial charge in [0.15, 0.2) is 0 Å². The minimum absolute atomic E-state index is 0.103. The summed E-state index contributed by atoms with van der Waals surface area (Å²) in [6.45, 7) is 7.54. The van der Waals surface area contributed by atoms with E-state index in [1.165, 1.54) is 6.07 Å². The highest BCUT2D eigenvalue weighted by Crippen LogP contribution is 2.33. The zero-order valence-electron chi connectivity index (χ0n) is 20.1. The molecular weight excluding hydrogens is 451 g/mol. The fraction of sp³-hybridized carbons (Fsp3) is 0.346. The number of ether oxygens (including phenoxy) is 2. The number of rotatable bonds is 12. The summed E-state index contributed by atoms with van der Waals surface area (Å²) in [5.41, 5.74) is 2.24. The predicted octanol–water partition coefficient (Wildman–Crippen LogP) is 4.61. The molecule has 8 nitrogen and oxygen atoms in total. The Balaban J connectivity index is 1.61. The van der Waals surface area contributed by atoms with E-state index in [0.717, 1.165) is 6.42 Å². The Morgan fingerprint density at radius 1 is 1.20 bits per heavy atom. The lowest BCUT2D eigenvalue weighted by Gasteiger charge is -2.16. The Labute approximate surface area is 204 Å². The third kappa shape index (κ3) is 7.38. The van der Waals surface area contributed by atoms with Crippen molar-refractivity contribution in [3.8, 4) is 5.75 Å². The largest absolute Gasteiger partial charge is 0.491 e. The van der Waals surface area contributed by atoms with Crippen LogP contribution in [0.2, 0.25) is 0 Å². The Morgan fingerprint density at radius 2 is 1.91 bits per heavy atom. The first-order valence-corrected chi connectivity index (χ1v) is 11.5. The minimum atomic E-state index is -0.515. The number of likely N-dealkylation sites (tertiary alicyclic amines) is 1. The van der Waals surface area contributed by atoms with Crippen molar-refractivity contribution < 1.29 is 23.5 Å². The number of hydrogen-bond acceptors (Lipinski definition) is 6. The van der Waals surface area contributed by atoms with Gasteiger partial charge in [-0.2, -0.15) is 0 Å². The molecule has 1 aliphatic rings. The molecule has 0 bridgehead atoms. The smallest absolute Gasteiger partial charge is 0.226 e. The third-order valence-corrected chi connectivity index (χ3v) is 5.41. The van der Waals surface area contributed by atoms with E-state index in [2.05, 4.69) is 22.2 Å². The van der Waals surface area contributed by atoms with Crippen LogP contribution in [0.5, 0.6) is 5.75 Å². The number of methoxy groups -OCH3 is 1. The lowest BCUT2D eigenvalue weighted by atomic mass is 10.1. The van der Waals surface area contributed by atoms with Gasteiger partial charge in [-0.25, -0.2) is 4.39 Å². The van der Waals surface area contributed by atoms with E-state index in [0.29, 0.717) is 61.2 Å². The van der Waals surface area contributed by atoms with Crippen molar-refractivity contribution in [2.24, 2.45) is 4.99 Å². The second kappa shape index (κ2) is 12.7. The van der Waals surface area contributed by atoms with Crippen LogP contribution < -0.4 is 15.4 Å². The molecule has 2 amide bonds. The van der Waals surface area contributed by atoms with Crippen LogP contribution in [0.3, 0.4) is 0 Å². The molecule has 35 heavy (non-hydrogen) atoms. The van der Waals surface area contributed by atoms with Gasteiger partial charge in [0, 0.05) is 68.5 Å². The molecule has 2 N–H and O–H groups in total. The molecule has 9 heteroatoms. The van der Waals surface area contributed by atoms with Crippen molar-refractivity contribution in [1.29, 1.82) is 0 Å². The average molecular weight is 483 g/mol. The number of carbonyl (C=O) groups is 2. The quantitative estimate of drug-likeness (QED) is 0.341. The molecular formula is C26H31FN4O4. The van der Waals surface area contributed by atoms with E-state index in [1.54, 1.807) is 55.5 Å². The molecule has 0 saturated carbocycles. The Bertz CT molecular complexity index is 1090. The van der Waals surface area contributed by atoms with Gasteiger partial charge in [0.2, 0.25) is 11.8 Å². The summed E-state index contributed by atoms with van der Waals surface area (Å²) in [4.78, 5) is 29.9. The van der Waals surface area contributed by atoms with Gasteiger partial charge in [-0.15, -0.1) is 0 Å². The van der Waals surface area contributed by atoms with Crippen molar-refractivity contribution in [1.82, 2.24) is 4.90 Å². The van der Waals surface area contributed by atoms with E-state index in [1.807, 2.05) is 0 Å². The van der Waals surface area contributed by atoms with Gasteiger partial charge in [0.25, 0.3) is 0 Å². The molecule has 0 unspecified atom stereocenters. The van der Waals surface area contributed by atoms with E-state index in [9.17, 15) is 14.0 Å². The Kier molecular flexibility index (Phi) is 9.37. The molecule has 0 spiro atoms. The molecule has 1 saturated heterocycles. The van der Waals surface area contributed by atoms with E-state index >= 15 is 0 Å². The molecule has 1 heterocycles. The molecule has 0 aromatic heterocycles. The normalized spacial score (nSPS) is 13.3. The minimum Gasteiger partial charge on any atom is -0.491 e. The summed E-state index contributed by atoms with van der Waals surface area (Å²) in [6.07, 6.45) is 3.22. The summed E-state index contributed by atoms with van der Waals surface area (Å²) >= 11 is 0. The predicted molar refractivity (Wildman–Crippen MR) is 136 cm³/mol. The third-order valence-electron chi connectivity index (χ3n) is 5.41. The van der Waals surface area contributed by atoms with Crippen LogP contribution in [0.25, 0.3) is 5.70 Å². The van der Waals surface area contributed by atoms with Crippen LogP contribution in [0.4, 0.5) is 21.5 Å². The van der Waals surface area contributed by atoms with Crippen LogP contribution in [-0.4, -0.2) is 56.3 Å². The topological polar surface area (TPSA) is 92.3 Å². The molecule has 2 aromatic carbocycles. The lowest BCUT2D eigenvalue weighted by molar-refractivity contribution is -0.128. The Hall–Kier alpha value is -3.72. The maximum Gasteiger partial charge on any atom is 0.226 e. The van der Waals surface area contributed by atoms with Crippen LogP contribution in [0, 0.1) is 5.82 Å². The zero-order valence-corrected chi connectivity index (χ0v) is 20.1. The number of amides is 2. The fourth-order valence-electron chi connectivity index (χ4n) is 3.71. The standard InChI is InChI=1S/C26H31FN4O4/c1-4-28-23-17-21(35-15-14-34-3)16-22(27)26(23)18(2)29-19-7-9-20(10-8-19)30-24(32)11-13-31-12-5-6-25(31)33/h4,7-10,16-17,29H,2,5-6,11-15H2,1,3H3,(H,30,32). The van der Waals surface area contributed by atoms with Gasteiger partial charge < -0.3 is 25.0 Å². The summed E-state index contributed by atoms with van der Waals surface area (Å²) in [5, 5.41) is 5.92. The molecule has 186 valence electrons. The number of benzene rings is 2. The number of carbonyl (C=O) groups excluding carboxylic acids is 2. The summed E-state index contributed by atoms with van der Waals surface area (Å²) in [5.74, 6) is -0.220. The first-order chi connectivity index (χ1) is 16.9. The molecule has 0 aliphatic carbocycles. The Morgan fingerprint density at radius 3 is 2.54 bits per heavy atom. The lowest BCUT2D eigenvalue weighted by Crippen LogP contribution is -2.28. The highest BCUT2D eigenvalue weighted by atomic mass is 19.1. The molecule has 1 aliphatic heterocycles. The van der Waals surface area contributed by atoms with Gasteiger partial charge in [-0.3, -0.25) is 14.6 Å². The van der Waals surface area contributed by atoms with Gasteiger partial charge >= 0.3 is 0 Å². The molecule has 2 aromatic rings. The monoisotopic (exact) mass is 482 g/mol. The van der Waals surface area contributed by atoms with Crippen molar-refractivity contribution in [2.45, 2.75) is 26.2 Å². The first-order valence-electron chi connectivity index (χ1n) is 11.5. The van der Waals surface area contributed by atoms with Gasteiger partial charge in [0.05, 0.1) is 17.9 Å². The fourth-order valence-corrected chi connectivity index (χ4v) is 3.71. The van der Waals surface area contributed by atoms with Crippen LogP contribution in [-0.2, 0) is 14.3 Å². The van der Waals surface area contributed by atoms with Crippen molar-refractivity contribution in [3.63, 3.8) is 0 Å². The first kappa shape index (κ1) is 25.9. The maximum atomic E-state index is 15.0. The average Bonchev–Trinajstić information content (AvgIpc) is 3.24. The number of nitrogens with zero attached hydrogens (tertiary/aromatic N) is 2. The zero-order chi connectivity index (χ0) is 25.2. The highest BCUT2D eigenvalue weighted by Gasteiger charge is 2.20. The van der Waals surface area contributed by atoms with Crippen molar-refractivity contribution in [2.75, 3.05) is 44.0 Å². The summed E-state index contributed by atoms with van der Waals surface area (Å²) < 4.78 is 25.4. The molecule has 1 fully saturated rings.